The predicted molar refractivity (Wildman–Crippen MR) is 75.4 cm³/mol. The van der Waals surface area contributed by atoms with Gasteiger partial charge in [0.15, 0.2) is 11.5 Å². The fraction of sp³-hybridized carbons (Fsp3) is 0.600. The lowest BCUT2D eigenvalue weighted by atomic mass is 9.91. The number of rotatable bonds is 5. The third kappa shape index (κ3) is 2.95. The first-order valence-corrected chi connectivity index (χ1v) is 6.66. The average molecular weight is 265 g/mol. The summed E-state index contributed by atoms with van der Waals surface area (Å²) in [4.78, 5) is 0. The third-order valence-corrected chi connectivity index (χ3v) is 3.82. The van der Waals surface area contributed by atoms with Crippen molar-refractivity contribution in [2.45, 2.75) is 31.7 Å². The van der Waals surface area contributed by atoms with Crippen molar-refractivity contribution in [2.75, 3.05) is 27.9 Å². The number of hydrogen-bond donors (Lipinski definition) is 1. The highest BCUT2D eigenvalue weighted by Gasteiger charge is 2.29. The van der Waals surface area contributed by atoms with E-state index in [4.69, 9.17) is 14.2 Å². The number of methoxy groups -OCH3 is 3. The van der Waals surface area contributed by atoms with Crippen LogP contribution in [0.5, 0.6) is 17.2 Å². The second-order valence-corrected chi connectivity index (χ2v) is 5.29. The predicted octanol–water partition coefficient (Wildman–Crippen LogP) is 2.40. The Morgan fingerprint density at radius 3 is 2.21 bits per heavy atom. The van der Waals surface area contributed by atoms with Crippen LogP contribution in [0.25, 0.3) is 0 Å². The molecule has 0 bridgehead atoms. The molecular formula is C15H23NO3. The molecule has 1 atom stereocenters. The van der Waals surface area contributed by atoms with Crippen molar-refractivity contribution < 1.29 is 14.2 Å². The van der Waals surface area contributed by atoms with E-state index in [0.29, 0.717) is 5.75 Å². The van der Waals surface area contributed by atoms with Crippen LogP contribution in [0, 0.1) is 0 Å². The van der Waals surface area contributed by atoms with Crippen LogP contribution in [0.3, 0.4) is 0 Å². The Kier molecular flexibility index (Phi) is 4.20. The van der Waals surface area contributed by atoms with Crippen LogP contribution < -0.4 is 19.5 Å². The van der Waals surface area contributed by atoms with Gasteiger partial charge in [-0.3, -0.25) is 0 Å². The summed E-state index contributed by atoms with van der Waals surface area (Å²) in [7, 11) is 4.98. The van der Waals surface area contributed by atoms with E-state index in [0.717, 1.165) is 30.0 Å². The van der Waals surface area contributed by atoms with Gasteiger partial charge in [0.2, 0.25) is 0 Å². The van der Waals surface area contributed by atoms with E-state index in [2.05, 4.69) is 12.2 Å². The van der Waals surface area contributed by atoms with Gasteiger partial charge in [0.1, 0.15) is 5.75 Å². The lowest BCUT2D eigenvalue weighted by Crippen LogP contribution is -2.38. The van der Waals surface area contributed by atoms with Gasteiger partial charge < -0.3 is 19.5 Å². The Bertz CT molecular complexity index is 439. The number of hydrogen-bond acceptors (Lipinski definition) is 4. The standard InChI is InChI=1S/C15H23NO3/c1-15(6-5-7-16-15)10-11-8-13(18-3)14(19-4)9-12(11)17-2/h8-9,16H,5-7,10H2,1-4H3. The van der Waals surface area contributed by atoms with E-state index in [1.54, 1.807) is 21.3 Å². The first-order chi connectivity index (χ1) is 9.11. The Morgan fingerprint density at radius 2 is 1.68 bits per heavy atom. The van der Waals surface area contributed by atoms with E-state index < -0.39 is 0 Å². The quantitative estimate of drug-likeness (QED) is 0.887. The summed E-state index contributed by atoms with van der Waals surface area (Å²) in [5.41, 5.74) is 1.30. The summed E-state index contributed by atoms with van der Waals surface area (Å²) in [5, 5.41) is 3.57. The zero-order valence-corrected chi connectivity index (χ0v) is 12.2. The number of nitrogens with one attached hydrogen (secondary N) is 1. The molecule has 1 heterocycles. The zero-order chi connectivity index (χ0) is 13.9. The molecule has 0 spiro atoms. The maximum atomic E-state index is 5.48. The molecule has 2 rings (SSSR count). The molecule has 0 aliphatic carbocycles. The molecule has 1 aliphatic rings. The van der Waals surface area contributed by atoms with Crippen LogP contribution >= 0.6 is 0 Å². The molecule has 1 saturated heterocycles. The maximum absolute atomic E-state index is 5.48. The summed E-state index contributed by atoms with van der Waals surface area (Å²) in [6.07, 6.45) is 3.34. The molecule has 0 amide bonds. The van der Waals surface area contributed by atoms with E-state index in [-0.39, 0.29) is 5.54 Å². The largest absolute Gasteiger partial charge is 0.496 e. The van der Waals surface area contributed by atoms with Gasteiger partial charge in [-0.1, -0.05) is 0 Å². The van der Waals surface area contributed by atoms with Crippen LogP contribution in [0.1, 0.15) is 25.3 Å². The van der Waals surface area contributed by atoms with E-state index in [1.165, 1.54) is 12.8 Å². The highest BCUT2D eigenvalue weighted by molar-refractivity contribution is 5.51. The number of ether oxygens (including phenoxy) is 3. The molecule has 1 fully saturated rings. The SMILES string of the molecule is COc1cc(OC)c(OC)cc1CC1(C)CCCN1. The van der Waals surface area contributed by atoms with Gasteiger partial charge in [-0.2, -0.15) is 0 Å². The van der Waals surface area contributed by atoms with Gasteiger partial charge >= 0.3 is 0 Å². The normalized spacial score (nSPS) is 22.3. The molecule has 1 aromatic rings. The fourth-order valence-corrected chi connectivity index (χ4v) is 2.76. The highest BCUT2D eigenvalue weighted by atomic mass is 16.5. The highest BCUT2D eigenvalue weighted by Crippen LogP contribution is 2.37. The molecule has 0 aromatic heterocycles. The van der Waals surface area contributed by atoms with Crippen molar-refractivity contribution in [3.8, 4) is 17.2 Å². The average Bonchev–Trinajstić information content (AvgIpc) is 2.84. The van der Waals surface area contributed by atoms with Gasteiger partial charge in [-0.05, 0) is 44.4 Å². The molecule has 19 heavy (non-hydrogen) atoms. The second kappa shape index (κ2) is 5.70. The smallest absolute Gasteiger partial charge is 0.164 e. The van der Waals surface area contributed by atoms with Gasteiger partial charge in [-0.15, -0.1) is 0 Å². The molecule has 0 radical (unpaired) electrons. The lowest BCUT2D eigenvalue weighted by Gasteiger charge is -2.26. The second-order valence-electron chi connectivity index (χ2n) is 5.29. The monoisotopic (exact) mass is 265 g/mol. The maximum Gasteiger partial charge on any atom is 0.164 e. The summed E-state index contributed by atoms with van der Waals surface area (Å²) in [5.74, 6) is 2.31. The van der Waals surface area contributed by atoms with Crippen LogP contribution in [0.15, 0.2) is 12.1 Å². The van der Waals surface area contributed by atoms with Crippen LogP contribution in [-0.4, -0.2) is 33.4 Å². The molecule has 1 N–H and O–H groups in total. The molecule has 106 valence electrons. The Labute approximate surface area is 115 Å². The van der Waals surface area contributed by atoms with Crippen molar-refractivity contribution in [3.05, 3.63) is 17.7 Å². The van der Waals surface area contributed by atoms with E-state index in [1.807, 2.05) is 12.1 Å². The lowest BCUT2D eigenvalue weighted by molar-refractivity contribution is 0.343. The molecule has 1 aliphatic heterocycles. The topological polar surface area (TPSA) is 39.7 Å². The molecular weight excluding hydrogens is 242 g/mol. The van der Waals surface area contributed by atoms with Crippen molar-refractivity contribution >= 4 is 0 Å². The Morgan fingerprint density at radius 1 is 1.05 bits per heavy atom. The van der Waals surface area contributed by atoms with Crippen molar-refractivity contribution in [2.24, 2.45) is 0 Å². The zero-order valence-electron chi connectivity index (χ0n) is 12.2. The molecule has 0 saturated carbocycles. The summed E-state index contributed by atoms with van der Waals surface area (Å²) < 4.78 is 16.2. The minimum atomic E-state index is 0.146. The molecule has 1 unspecified atom stereocenters. The first kappa shape index (κ1) is 14.0. The molecule has 1 aromatic carbocycles. The fourth-order valence-electron chi connectivity index (χ4n) is 2.76. The van der Waals surface area contributed by atoms with Gasteiger partial charge in [-0.25, -0.2) is 0 Å². The van der Waals surface area contributed by atoms with Crippen LogP contribution in [0.4, 0.5) is 0 Å². The number of benzene rings is 1. The van der Waals surface area contributed by atoms with Gasteiger partial charge in [0.25, 0.3) is 0 Å². The molecule has 4 nitrogen and oxygen atoms in total. The Hall–Kier alpha value is -1.42. The minimum Gasteiger partial charge on any atom is -0.496 e. The van der Waals surface area contributed by atoms with Crippen molar-refractivity contribution in [3.63, 3.8) is 0 Å². The van der Waals surface area contributed by atoms with Gasteiger partial charge in [0.05, 0.1) is 21.3 Å². The van der Waals surface area contributed by atoms with Crippen LogP contribution in [0.2, 0.25) is 0 Å². The summed E-state index contributed by atoms with van der Waals surface area (Å²) in [6, 6.07) is 3.91. The third-order valence-electron chi connectivity index (χ3n) is 3.82. The van der Waals surface area contributed by atoms with Gasteiger partial charge in [0, 0.05) is 11.6 Å². The Balaban J connectivity index is 2.32. The van der Waals surface area contributed by atoms with Crippen LogP contribution in [-0.2, 0) is 6.42 Å². The molecule has 4 heteroatoms. The minimum absolute atomic E-state index is 0.146. The van der Waals surface area contributed by atoms with E-state index in [9.17, 15) is 0 Å². The van der Waals surface area contributed by atoms with Crippen molar-refractivity contribution in [1.82, 2.24) is 5.32 Å². The summed E-state index contributed by atoms with van der Waals surface area (Å²) >= 11 is 0. The van der Waals surface area contributed by atoms with Crippen molar-refractivity contribution in [1.29, 1.82) is 0 Å². The first-order valence-electron chi connectivity index (χ1n) is 6.66. The van der Waals surface area contributed by atoms with E-state index >= 15 is 0 Å². The summed E-state index contributed by atoms with van der Waals surface area (Å²) in [6.45, 7) is 3.35.